The SMILES string of the molecule is c1ccc(-c2cccc(-c3nc(-c4ccccc4)nc(-c4cccc5oc6c(-c7cccc8c7sc7ccccc78)cccc6c45)n3)c2)cc1. The number of thiophene rings is 1. The lowest BCUT2D eigenvalue weighted by Crippen LogP contribution is -2.00. The molecule has 0 N–H and O–H groups in total. The maximum Gasteiger partial charge on any atom is 0.164 e. The van der Waals surface area contributed by atoms with E-state index in [1.165, 1.54) is 25.7 Å². The number of furan rings is 1. The van der Waals surface area contributed by atoms with Gasteiger partial charge in [-0.25, -0.2) is 15.0 Å². The van der Waals surface area contributed by atoms with Crippen LogP contribution in [0.1, 0.15) is 0 Å². The van der Waals surface area contributed by atoms with Crippen molar-refractivity contribution in [2.45, 2.75) is 0 Å². The average Bonchev–Trinajstić information content (AvgIpc) is 3.77. The molecule has 7 aromatic carbocycles. The fraction of sp³-hybridized carbons (Fsp3) is 0. The predicted octanol–water partition coefficient (Wildman–Crippen LogP) is 12.5. The van der Waals surface area contributed by atoms with E-state index in [2.05, 4.69) is 115 Å². The zero-order chi connectivity index (χ0) is 33.0. The Hall–Kier alpha value is -6.43. The van der Waals surface area contributed by atoms with Gasteiger partial charge in [0.2, 0.25) is 0 Å². The van der Waals surface area contributed by atoms with Crippen molar-refractivity contribution in [1.82, 2.24) is 15.0 Å². The van der Waals surface area contributed by atoms with Gasteiger partial charge in [-0.1, -0.05) is 146 Å². The largest absolute Gasteiger partial charge is 0.455 e. The third kappa shape index (κ3) is 4.71. The summed E-state index contributed by atoms with van der Waals surface area (Å²) in [6.07, 6.45) is 0. The van der Waals surface area contributed by atoms with Gasteiger partial charge in [0.15, 0.2) is 17.5 Å². The van der Waals surface area contributed by atoms with Gasteiger partial charge in [-0.3, -0.25) is 0 Å². The van der Waals surface area contributed by atoms with E-state index in [0.717, 1.165) is 55.3 Å². The van der Waals surface area contributed by atoms with E-state index in [0.29, 0.717) is 17.5 Å². The number of aromatic nitrogens is 3. The van der Waals surface area contributed by atoms with Crippen LogP contribution in [-0.2, 0) is 0 Å². The molecular formula is C45H27N3OS. The lowest BCUT2D eigenvalue weighted by atomic mass is 9.99. The van der Waals surface area contributed by atoms with Crippen LogP contribution in [0.3, 0.4) is 0 Å². The monoisotopic (exact) mass is 657 g/mol. The van der Waals surface area contributed by atoms with Gasteiger partial charge in [0.05, 0.1) is 0 Å². The molecule has 3 aromatic heterocycles. The average molecular weight is 658 g/mol. The van der Waals surface area contributed by atoms with Crippen LogP contribution in [-0.4, -0.2) is 15.0 Å². The molecule has 5 heteroatoms. The second-order valence-corrected chi connectivity index (χ2v) is 13.4. The molecule has 4 nitrogen and oxygen atoms in total. The highest BCUT2D eigenvalue weighted by molar-refractivity contribution is 7.26. The van der Waals surface area contributed by atoms with E-state index in [-0.39, 0.29) is 0 Å². The van der Waals surface area contributed by atoms with Crippen molar-refractivity contribution >= 4 is 53.4 Å². The first-order chi connectivity index (χ1) is 24.8. The van der Waals surface area contributed by atoms with Crippen molar-refractivity contribution in [2.24, 2.45) is 0 Å². The number of benzene rings is 7. The normalized spacial score (nSPS) is 11.6. The highest BCUT2D eigenvalue weighted by Crippen LogP contribution is 2.44. The Balaban J connectivity index is 1.19. The Morgan fingerprint density at radius 1 is 0.400 bits per heavy atom. The van der Waals surface area contributed by atoms with Crippen molar-refractivity contribution in [1.29, 1.82) is 0 Å². The van der Waals surface area contributed by atoms with Crippen molar-refractivity contribution in [2.75, 3.05) is 0 Å². The van der Waals surface area contributed by atoms with E-state index in [1.54, 1.807) is 0 Å². The minimum absolute atomic E-state index is 0.601. The number of hydrogen-bond acceptors (Lipinski definition) is 5. The van der Waals surface area contributed by atoms with Crippen LogP contribution in [0.4, 0.5) is 0 Å². The molecule has 0 amide bonds. The summed E-state index contributed by atoms with van der Waals surface area (Å²) in [4.78, 5) is 15.3. The molecule has 0 fully saturated rings. The molecule has 10 aromatic rings. The van der Waals surface area contributed by atoms with Gasteiger partial charge < -0.3 is 4.42 Å². The van der Waals surface area contributed by atoms with Crippen molar-refractivity contribution in [3.05, 3.63) is 164 Å². The standard InChI is InChI=1S/C45H27N3OS/c1-3-13-28(14-4-1)30-17-9-18-31(27-30)44-46-43(29-15-5-2-6-16-29)47-45(48-44)37-24-12-25-38-40(37)36-23-10-20-33(41(36)49-38)35-22-11-21-34-32-19-7-8-26-39(32)50-42(34)35/h1-27H. The third-order valence-corrected chi connectivity index (χ3v) is 10.6. The number of rotatable bonds is 5. The molecule has 50 heavy (non-hydrogen) atoms. The Bertz CT molecular complexity index is 2870. The maximum absolute atomic E-state index is 6.75. The summed E-state index contributed by atoms with van der Waals surface area (Å²) in [5.74, 6) is 1.84. The molecule has 0 saturated carbocycles. The summed E-state index contributed by atoms with van der Waals surface area (Å²) in [6.45, 7) is 0. The van der Waals surface area contributed by atoms with Crippen molar-refractivity contribution < 1.29 is 4.42 Å². The van der Waals surface area contributed by atoms with Gasteiger partial charge in [-0.05, 0) is 29.3 Å². The highest BCUT2D eigenvalue weighted by Gasteiger charge is 2.21. The molecule has 234 valence electrons. The molecule has 10 rings (SSSR count). The molecule has 0 unspecified atom stereocenters. The predicted molar refractivity (Wildman–Crippen MR) is 207 cm³/mol. The number of para-hydroxylation sites is 1. The summed E-state index contributed by atoms with van der Waals surface area (Å²) in [5.41, 5.74) is 8.89. The zero-order valence-corrected chi connectivity index (χ0v) is 27.6. The van der Waals surface area contributed by atoms with Crippen LogP contribution >= 0.6 is 11.3 Å². The molecule has 0 bridgehead atoms. The van der Waals surface area contributed by atoms with Crippen LogP contribution in [0.15, 0.2) is 168 Å². The molecule has 0 saturated heterocycles. The first kappa shape index (κ1) is 28.6. The summed E-state index contributed by atoms with van der Waals surface area (Å²) < 4.78 is 9.29. The van der Waals surface area contributed by atoms with Crippen LogP contribution in [0.5, 0.6) is 0 Å². The first-order valence-electron chi connectivity index (χ1n) is 16.6. The van der Waals surface area contributed by atoms with E-state index in [1.807, 2.05) is 59.9 Å². The number of nitrogens with zero attached hydrogens (tertiary/aromatic N) is 3. The van der Waals surface area contributed by atoms with Crippen molar-refractivity contribution in [3.63, 3.8) is 0 Å². The summed E-state index contributed by atoms with van der Waals surface area (Å²) in [5, 5.41) is 4.56. The van der Waals surface area contributed by atoms with Gasteiger partial charge in [0, 0.05) is 58.8 Å². The summed E-state index contributed by atoms with van der Waals surface area (Å²) in [7, 11) is 0. The smallest absolute Gasteiger partial charge is 0.164 e. The van der Waals surface area contributed by atoms with E-state index in [4.69, 9.17) is 19.4 Å². The Morgan fingerprint density at radius 2 is 0.980 bits per heavy atom. The lowest BCUT2D eigenvalue weighted by molar-refractivity contribution is 0.670. The third-order valence-electron chi connectivity index (χ3n) is 9.35. The number of fused-ring (bicyclic) bond motifs is 6. The van der Waals surface area contributed by atoms with Gasteiger partial charge >= 0.3 is 0 Å². The molecular weight excluding hydrogens is 631 g/mol. The maximum atomic E-state index is 6.75. The zero-order valence-electron chi connectivity index (χ0n) is 26.7. The van der Waals surface area contributed by atoms with Crippen molar-refractivity contribution in [3.8, 4) is 56.4 Å². The van der Waals surface area contributed by atoms with E-state index in [9.17, 15) is 0 Å². The Kier molecular flexibility index (Phi) is 6.64. The molecule has 0 aliphatic heterocycles. The molecule has 0 aliphatic carbocycles. The topological polar surface area (TPSA) is 51.8 Å². The second-order valence-electron chi connectivity index (χ2n) is 12.4. The van der Waals surface area contributed by atoms with Crippen LogP contribution in [0, 0.1) is 0 Å². The minimum Gasteiger partial charge on any atom is -0.455 e. The molecule has 0 radical (unpaired) electrons. The molecule has 0 spiro atoms. The van der Waals surface area contributed by atoms with Gasteiger partial charge in [-0.2, -0.15) is 0 Å². The number of hydrogen-bond donors (Lipinski definition) is 0. The quantitative estimate of drug-likeness (QED) is 0.185. The van der Waals surface area contributed by atoms with Gasteiger partial charge in [-0.15, -0.1) is 11.3 Å². The fourth-order valence-corrected chi connectivity index (χ4v) is 8.25. The Labute approximate surface area is 292 Å². The molecule has 3 heterocycles. The van der Waals surface area contributed by atoms with E-state index >= 15 is 0 Å². The fourth-order valence-electron chi connectivity index (χ4n) is 7.02. The minimum atomic E-state index is 0.601. The second kappa shape index (κ2) is 11.6. The van der Waals surface area contributed by atoms with Gasteiger partial charge in [0.1, 0.15) is 11.2 Å². The highest BCUT2D eigenvalue weighted by atomic mass is 32.1. The molecule has 0 aliphatic rings. The molecule has 0 atom stereocenters. The van der Waals surface area contributed by atoms with Crippen LogP contribution in [0.2, 0.25) is 0 Å². The lowest BCUT2D eigenvalue weighted by Gasteiger charge is -2.10. The Morgan fingerprint density at radius 3 is 1.82 bits per heavy atom. The van der Waals surface area contributed by atoms with Crippen LogP contribution < -0.4 is 0 Å². The van der Waals surface area contributed by atoms with Gasteiger partial charge in [0.25, 0.3) is 0 Å². The van der Waals surface area contributed by atoms with Crippen LogP contribution in [0.25, 0.3) is 98.5 Å². The van der Waals surface area contributed by atoms with E-state index < -0.39 is 0 Å². The summed E-state index contributed by atoms with van der Waals surface area (Å²) >= 11 is 1.83. The summed E-state index contributed by atoms with van der Waals surface area (Å²) in [6, 6.07) is 56.6. The first-order valence-corrected chi connectivity index (χ1v) is 17.4.